The molecule has 0 saturated carbocycles. The summed E-state index contributed by atoms with van der Waals surface area (Å²) in [6.45, 7) is 10.3. The molecule has 19 heavy (non-hydrogen) atoms. The molecule has 0 atom stereocenters. The van der Waals surface area contributed by atoms with Gasteiger partial charge < -0.3 is 9.64 Å². The van der Waals surface area contributed by atoms with Crippen LogP contribution in [-0.2, 0) is 9.53 Å². The molecule has 0 aromatic heterocycles. The van der Waals surface area contributed by atoms with E-state index in [-0.39, 0.29) is 0 Å². The van der Waals surface area contributed by atoms with Crippen LogP contribution in [0.1, 0.15) is 46.5 Å². The van der Waals surface area contributed by atoms with Gasteiger partial charge in [-0.3, -0.25) is 4.79 Å². The van der Waals surface area contributed by atoms with Crippen molar-refractivity contribution in [1.29, 1.82) is 0 Å². The predicted molar refractivity (Wildman–Crippen MR) is 74.8 cm³/mol. The summed E-state index contributed by atoms with van der Waals surface area (Å²) >= 11 is 0. The van der Waals surface area contributed by atoms with Crippen molar-refractivity contribution in [3.8, 4) is 0 Å². The average Bonchev–Trinajstić information content (AvgIpc) is 2.74. The first-order valence-corrected chi connectivity index (χ1v) is 7.47. The average molecular weight is 263 g/mol. The van der Waals surface area contributed by atoms with Crippen LogP contribution in [0.15, 0.2) is 11.1 Å². The Morgan fingerprint density at radius 2 is 2.00 bits per heavy atom. The van der Waals surface area contributed by atoms with E-state index < -0.39 is 0 Å². The largest absolute Gasteiger partial charge is 0.381 e. The van der Waals surface area contributed by atoms with Gasteiger partial charge in [0.1, 0.15) is 0 Å². The summed E-state index contributed by atoms with van der Waals surface area (Å²) in [5, 5.41) is 0. The molecule has 2 fully saturated rings. The molecule has 1 amide bonds. The Bertz CT molecular complexity index is 422. The van der Waals surface area contributed by atoms with Crippen molar-refractivity contribution in [3.63, 3.8) is 0 Å². The fraction of sp³-hybridized carbons (Fsp3) is 0.812. The summed E-state index contributed by atoms with van der Waals surface area (Å²) in [4.78, 5) is 14.6. The maximum absolute atomic E-state index is 12.6. The number of amides is 1. The maximum Gasteiger partial charge on any atom is 0.249 e. The summed E-state index contributed by atoms with van der Waals surface area (Å²) in [6.07, 6.45) is 4.28. The monoisotopic (exact) mass is 263 g/mol. The fourth-order valence-corrected chi connectivity index (χ4v) is 3.88. The number of hydrogen-bond donors (Lipinski definition) is 0. The third-order valence-corrected chi connectivity index (χ3v) is 5.09. The first-order valence-electron chi connectivity index (χ1n) is 7.47. The van der Waals surface area contributed by atoms with Crippen molar-refractivity contribution >= 4 is 5.91 Å². The van der Waals surface area contributed by atoms with E-state index in [2.05, 4.69) is 20.8 Å². The van der Waals surface area contributed by atoms with Gasteiger partial charge in [0.25, 0.3) is 0 Å². The summed E-state index contributed by atoms with van der Waals surface area (Å²) in [7, 11) is 0. The van der Waals surface area contributed by atoms with E-state index in [0.717, 1.165) is 57.6 Å². The van der Waals surface area contributed by atoms with E-state index in [1.807, 2.05) is 4.90 Å². The molecular formula is C16H25NO2. The van der Waals surface area contributed by atoms with Crippen LogP contribution < -0.4 is 0 Å². The van der Waals surface area contributed by atoms with Gasteiger partial charge in [-0.25, -0.2) is 0 Å². The van der Waals surface area contributed by atoms with Crippen LogP contribution in [0.5, 0.6) is 0 Å². The Kier molecular flexibility index (Phi) is 3.01. The molecular weight excluding hydrogens is 238 g/mol. The number of nitrogens with zero attached hydrogens (tertiary/aromatic N) is 1. The number of rotatable bonds is 1. The minimum absolute atomic E-state index is 0.297. The third kappa shape index (κ3) is 2.33. The van der Waals surface area contributed by atoms with E-state index in [1.54, 1.807) is 0 Å². The summed E-state index contributed by atoms with van der Waals surface area (Å²) < 4.78 is 5.47. The van der Waals surface area contributed by atoms with Crippen molar-refractivity contribution in [2.75, 3.05) is 26.3 Å². The van der Waals surface area contributed by atoms with Gasteiger partial charge in [-0.15, -0.1) is 0 Å². The predicted octanol–water partition coefficient (Wildman–Crippen LogP) is 2.76. The zero-order chi connectivity index (χ0) is 13.7. The number of carbonyl (C=O) groups excluding carboxylic acids is 1. The second-order valence-electron chi connectivity index (χ2n) is 7.56. The topological polar surface area (TPSA) is 29.5 Å². The molecule has 0 aromatic carbocycles. The van der Waals surface area contributed by atoms with E-state index in [0.29, 0.717) is 16.7 Å². The minimum atomic E-state index is 0.297. The maximum atomic E-state index is 12.6. The third-order valence-electron chi connectivity index (χ3n) is 5.09. The quantitative estimate of drug-likeness (QED) is 0.728. The molecule has 2 aliphatic heterocycles. The highest BCUT2D eigenvalue weighted by Crippen LogP contribution is 2.42. The van der Waals surface area contributed by atoms with Gasteiger partial charge in [0.15, 0.2) is 0 Å². The molecule has 106 valence electrons. The molecule has 3 aliphatic rings. The van der Waals surface area contributed by atoms with Crippen LogP contribution in [0, 0.1) is 10.8 Å². The van der Waals surface area contributed by atoms with Crippen LogP contribution in [0.3, 0.4) is 0 Å². The lowest BCUT2D eigenvalue weighted by Gasteiger charge is -2.48. The van der Waals surface area contributed by atoms with Crippen LogP contribution in [0.4, 0.5) is 0 Å². The Morgan fingerprint density at radius 3 is 2.58 bits per heavy atom. The van der Waals surface area contributed by atoms with E-state index in [1.165, 1.54) is 5.57 Å². The molecule has 0 unspecified atom stereocenters. The molecule has 1 spiro atoms. The Balaban J connectivity index is 1.66. The van der Waals surface area contributed by atoms with E-state index in [4.69, 9.17) is 4.74 Å². The van der Waals surface area contributed by atoms with Crippen molar-refractivity contribution in [1.82, 2.24) is 4.90 Å². The second-order valence-corrected chi connectivity index (χ2v) is 7.56. The second kappa shape index (κ2) is 4.34. The summed E-state index contributed by atoms with van der Waals surface area (Å²) in [6, 6.07) is 0. The first-order chi connectivity index (χ1) is 8.91. The molecule has 2 saturated heterocycles. The van der Waals surface area contributed by atoms with Gasteiger partial charge in [0.05, 0.1) is 6.61 Å². The van der Waals surface area contributed by atoms with Gasteiger partial charge in [-0.2, -0.15) is 0 Å². The molecule has 3 nitrogen and oxygen atoms in total. The Morgan fingerprint density at radius 1 is 1.26 bits per heavy atom. The highest BCUT2D eigenvalue weighted by Gasteiger charge is 2.48. The Labute approximate surface area is 116 Å². The smallest absolute Gasteiger partial charge is 0.249 e. The zero-order valence-corrected chi connectivity index (χ0v) is 12.4. The van der Waals surface area contributed by atoms with Gasteiger partial charge in [0.2, 0.25) is 5.91 Å². The highest BCUT2D eigenvalue weighted by molar-refractivity contribution is 5.95. The van der Waals surface area contributed by atoms with Gasteiger partial charge in [-0.05, 0) is 38.0 Å². The van der Waals surface area contributed by atoms with Crippen LogP contribution >= 0.6 is 0 Å². The van der Waals surface area contributed by atoms with Crippen LogP contribution in [0.25, 0.3) is 0 Å². The molecule has 2 heterocycles. The SMILES string of the molecule is CC1=C(C(=O)N2CC3(CCOC3)C2)CCC(C)(C)C1. The van der Waals surface area contributed by atoms with Crippen molar-refractivity contribution in [3.05, 3.63) is 11.1 Å². The molecule has 3 rings (SSSR count). The summed E-state index contributed by atoms with van der Waals surface area (Å²) in [5.74, 6) is 0.297. The van der Waals surface area contributed by atoms with Crippen LogP contribution in [0.2, 0.25) is 0 Å². The number of likely N-dealkylation sites (tertiary alicyclic amines) is 1. The van der Waals surface area contributed by atoms with Gasteiger partial charge >= 0.3 is 0 Å². The standard InChI is InChI=1S/C16H25NO2/c1-12-8-15(2,3)5-4-13(12)14(18)17-9-16(10-17)6-7-19-11-16/h4-11H2,1-3H3. The van der Waals surface area contributed by atoms with E-state index >= 15 is 0 Å². The van der Waals surface area contributed by atoms with Crippen molar-refractivity contribution < 1.29 is 9.53 Å². The number of ether oxygens (including phenoxy) is 1. The Hall–Kier alpha value is -0.830. The molecule has 0 N–H and O–H groups in total. The lowest BCUT2D eigenvalue weighted by atomic mass is 9.73. The van der Waals surface area contributed by atoms with E-state index in [9.17, 15) is 4.79 Å². The molecule has 3 heteroatoms. The number of hydrogen-bond acceptors (Lipinski definition) is 2. The van der Waals surface area contributed by atoms with Crippen molar-refractivity contribution in [2.45, 2.75) is 46.5 Å². The van der Waals surface area contributed by atoms with Gasteiger partial charge in [0, 0.05) is 30.7 Å². The van der Waals surface area contributed by atoms with Crippen molar-refractivity contribution in [2.24, 2.45) is 10.8 Å². The number of allylic oxidation sites excluding steroid dienone is 1. The minimum Gasteiger partial charge on any atom is -0.381 e. The lowest BCUT2D eigenvalue weighted by molar-refractivity contribution is -0.139. The zero-order valence-electron chi connectivity index (χ0n) is 12.4. The van der Waals surface area contributed by atoms with Crippen LogP contribution in [-0.4, -0.2) is 37.1 Å². The molecule has 0 bridgehead atoms. The molecule has 0 radical (unpaired) electrons. The normalized spacial score (nSPS) is 28.7. The summed E-state index contributed by atoms with van der Waals surface area (Å²) in [5.41, 5.74) is 3.07. The van der Waals surface area contributed by atoms with Gasteiger partial charge in [-0.1, -0.05) is 19.4 Å². The molecule has 0 aromatic rings. The highest BCUT2D eigenvalue weighted by atomic mass is 16.5. The fourth-order valence-electron chi connectivity index (χ4n) is 3.88. The lowest BCUT2D eigenvalue weighted by Crippen LogP contribution is -2.59. The first kappa shape index (κ1) is 13.2. The molecule has 1 aliphatic carbocycles. The number of carbonyl (C=O) groups is 1.